The number of hydrogen-bond donors (Lipinski definition) is 1. The van der Waals surface area contributed by atoms with Crippen LogP contribution in [0.5, 0.6) is 0 Å². The van der Waals surface area contributed by atoms with Gasteiger partial charge >= 0.3 is 5.88 Å². The first-order valence-electron chi connectivity index (χ1n) is 7.40. The second-order valence-corrected chi connectivity index (χ2v) is 8.84. The molecule has 1 aliphatic rings. The van der Waals surface area contributed by atoms with Gasteiger partial charge in [0.15, 0.2) is 10.9 Å². The van der Waals surface area contributed by atoms with Crippen LogP contribution in [-0.2, 0) is 23.2 Å². The van der Waals surface area contributed by atoms with Crippen molar-refractivity contribution in [2.24, 2.45) is 0 Å². The zero-order valence-electron chi connectivity index (χ0n) is 13.8. The van der Waals surface area contributed by atoms with Gasteiger partial charge in [-0.05, 0) is 6.07 Å². The maximum absolute atomic E-state index is 12.2. The molecule has 2 aromatic rings. The second-order valence-electron chi connectivity index (χ2n) is 5.61. The number of carbonyl (C=O) groups is 1. The van der Waals surface area contributed by atoms with E-state index in [0.29, 0.717) is 13.0 Å². The van der Waals surface area contributed by atoms with Crippen LogP contribution < -0.4 is 5.32 Å². The van der Waals surface area contributed by atoms with Crippen molar-refractivity contribution in [3.05, 3.63) is 38.6 Å². The first-order valence-corrected chi connectivity index (χ1v) is 9.61. The van der Waals surface area contributed by atoms with Crippen LogP contribution in [-0.4, -0.2) is 53.5 Å². The molecule has 13 heteroatoms. The van der Waals surface area contributed by atoms with Gasteiger partial charge in [-0.15, -0.1) is 11.3 Å². The van der Waals surface area contributed by atoms with Gasteiger partial charge in [0, 0.05) is 31.9 Å². The van der Waals surface area contributed by atoms with Crippen LogP contribution in [0.25, 0.3) is 0 Å². The average Bonchev–Trinajstić information content (AvgIpc) is 3.20. The summed E-state index contributed by atoms with van der Waals surface area (Å²) in [6, 6.07) is 2.29. The Bertz CT molecular complexity index is 964. The molecule has 0 fully saturated rings. The second kappa shape index (κ2) is 6.75. The van der Waals surface area contributed by atoms with Crippen LogP contribution in [0.3, 0.4) is 0 Å². The Hall–Kier alpha value is -2.35. The van der Waals surface area contributed by atoms with Crippen molar-refractivity contribution in [1.29, 1.82) is 0 Å². The Morgan fingerprint density at radius 2 is 2.19 bits per heavy atom. The van der Waals surface area contributed by atoms with E-state index in [1.807, 2.05) is 0 Å². The number of amides is 1. The third kappa shape index (κ3) is 3.46. The van der Waals surface area contributed by atoms with Crippen molar-refractivity contribution >= 4 is 38.5 Å². The molecule has 0 atom stereocenters. The fourth-order valence-electron chi connectivity index (χ4n) is 2.36. The van der Waals surface area contributed by atoms with Gasteiger partial charge < -0.3 is 4.42 Å². The van der Waals surface area contributed by atoms with Crippen molar-refractivity contribution < 1.29 is 22.6 Å². The van der Waals surface area contributed by atoms with E-state index in [4.69, 9.17) is 4.42 Å². The number of nitrogens with one attached hydrogen (secondary N) is 1. The van der Waals surface area contributed by atoms with E-state index in [1.54, 1.807) is 0 Å². The number of carbonyl (C=O) groups excluding carboxylic acids is 1. The molecule has 1 aliphatic heterocycles. The minimum atomic E-state index is -3.53. The summed E-state index contributed by atoms with van der Waals surface area (Å²) in [4.78, 5) is 27.0. The molecule has 0 radical (unpaired) electrons. The molecule has 0 spiro atoms. The van der Waals surface area contributed by atoms with E-state index in [1.165, 1.54) is 24.5 Å². The van der Waals surface area contributed by atoms with Crippen molar-refractivity contribution in [2.45, 2.75) is 13.0 Å². The highest BCUT2D eigenvalue weighted by Crippen LogP contribution is 2.30. The van der Waals surface area contributed by atoms with Gasteiger partial charge in [0.2, 0.25) is 0 Å². The van der Waals surface area contributed by atoms with Gasteiger partial charge in [-0.3, -0.25) is 20.2 Å². The first-order chi connectivity index (χ1) is 12.2. The number of anilines is 1. The molecule has 0 saturated heterocycles. The highest BCUT2D eigenvalue weighted by atomic mass is 32.2. The number of rotatable bonds is 5. The molecular weight excluding hydrogens is 386 g/mol. The van der Waals surface area contributed by atoms with E-state index in [-0.39, 0.29) is 17.4 Å². The van der Waals surface area contributed by atoms with Crippen molar-refractivity contribution in [2.75, 3.05) is 26.0 Å². The standard InChI is InChI=1S/C13H15N5O6S2/c1-16(2)26(22,23)17-6-5-8-10(7-17)25-13(14-8)15-12(19)9-3-4-11(24-9)18(20)21/h3-4H,5-7H2,1-2H3,(H,14,15,19). The lowest BCUT2D eigenvalue weighted by Crippen LogP contribution is -2.42. The number of nitro groups is 1. The smallest absolute Gasteiger partial charge is 0.395 e. The monoisotopic (exact) mass is 401 g/mol. The molecule has 2 aromatic heterocycles. The van der Waals surface area contributed by atoms with Crippen LogP contribution in [0.1, 0.15) is 21.1 Å². The van der Waals surface area contributed by atoms with Crippen LogP contribution in [0, 0.1) is 10.1 Å². The maximum atomic E-state index is 12.2. The first kappa shape index (κ1) is 18.4. The minimum absolute atomic E-state index is 0.176. The predicted octanol–water partition coefficient (Wildman–Crippen LogP) is 1.06. The number of furan rings is 1. The third-order valence-electron chi connectivity index (χ3n) is 3.70. The SMILES string of the molecule is CN(C)S(=O)(=O)N1CCc2nc(NC(=O)c3ccc([N+](=O)[O-])o3)sc2C1. The normalized spacial score (nSPS) is 15.0. The molecule has 3 rings (SSSR count). The Labute approximate surface area is 152 Å². The molecule has 0 unspecified atom stereocenters. The average molecular weight is 401 g/mol. The summed E-state index contributed by atoms with van der Waals surface area (Å²) >= 11 is 1.16. The van der Waals surface area contributed by atoms with Gasteiger partial charge in [0.25, 0.3) is 16.1 Å². The Kier molecular flexibility index (Phi) is 4.79. The van der Waals surface area contributed by atoms with E-state index in [9.17, 15) is 23.3 Å². The highest BCUT2D eigenvalue weighted by molar-refractivity contribution is 7.86. The predicted molar refractivity (Wildman–Crippen MR) is 92.2 cm³/mol. The lowest BCUT2D eigenvalue weighted by molar-refractivity contribution is -0.402. The Morgan fingerprint density at radius 3 is 2.81 bits per heavy atom. The maximum Gasteiger partial charge on any atom is 0.433 e. The molecule has 0 aliphatic carbocycles. The topological polar surface area (TPSA) is 139 Å². The quantitative estimate of drug-likeness (QED) is 0.584. The van der Waals surface area contributed by atoms with Gasteiger partial charge in [0.1, 0.15) is 4.92 Å². The van der Waals surface area contributed by atoms with E-state index < -0.39 is 26.9 Å². The summed E-state index contributed by atoms with van der Waals surface area (Å²) in [7, 11) is -0.597. The molecule has 140 valence electrons. The van der Waals surface area contributed by atoms with Gasteiger partial charge in [0.05, 0.1) is 18.3 Å². The minimum Gasteiger partial charge on any atom is -0.395 e. The molecule has 0 bridgehead atoms. The van der Waals surface area contributed by atoms with Crippen molar-refractivity contribution in [3.8, 4) is 0 Å². The number of thiazole rings is 1. The summed E-state index contributed by atoms with van der Waals surface area (Å²) in [5.41, 5.74) is 0.723. The number of aromatic nitrogens is 1. The summed E-state index contributed by atoms with van der Waals surface area (Å²) in [5, 5.41) is 13.4. The molecule has 1 amide bonds. The van der Waals surface area contributed by atoms with Gasteiger partial charge in [-0.1, -0.05) is 0 Å². The van der Waals surface area contributed by atoms with E-state index in [0.717, 1.165) is 32.3 Å². The van der Waals surface area contributed by atoms with Crippen molar-refractivity contribution in [1.82, 2.24) is 13.6 Å². The van der Waals surface area contributed by atoms with Crippen LogP contribution in [0.15, 0.2) is 16.5 Å². The van der Waals surface area contributed by atoms with Gasteiger partial charge in [-0.2, -0.15) is 17.0 Å². The lowest BCUT2D eigenvalue weighted by atomic mass is 10.2. The third-order valence-corrected chi connectivity index (χ3v) is 6.58. The van der Waals surface area contributed by atoms with Crippen LogP contribution in [0.2, 0.25) is 0 Å². The van der Waals surface area contributed by atoms with Gasteiger partial charge in [-0.25, -0.2) is 4.98 Å². The molecule has 0 aromatic carbocycles. The largest absolute Gasteiger partial charge is 0.433 e. The zero-order valence-corrected chi connectivity index (χ0v) is 15.5. The van der Waals surface area contributed by atoms with E-state index >= 15 is 0 Å². The molecule has 0 saturated carbocycles. The Morgan fingerprint density at radius 1 is 1.46 bits per heavy atom. The van der Waals surface area contributed by atoms with Crippen LogP contribution >= 0.6 is 11.3 Å². The lowest BCUT2D eigenvalue weighted by Gasteiger charge is -2.27. The molecule has 26 heavy (non-hydrogen) atoms. The molecule has 11 nitrogen and oxygen atoms in total. The summed E-state index contributed by atoms with van der Waals surface area (Å²) in [5.74, 6) is -1.40. The van der Waals surface area contributed by atoms with Crippen LogP contribution in [0.4, 0.5) is 11.0 Å². The fraction of sp³-hybridized carbons (Fsp3) is 0.385. The summed E-state index contributed by atoms with van der Waals surface area (Å²) in [6.45, 7) is 0.477. The zero-order chi connectivity index (χ0) is 19.1. The fourth-order valence-corrected chi connectivity index (χ4v) is 4.54. The summed E-state index contributed by atoms with van der Waals surface area (Å²) < 4.78 is 31.8. The molecule has 1 N–H and O–H groups in total. The Balaban J connectivity index is 1.74. The highest BCUT2D eigenvalue weighted by Gasteiger charge is 2.31. The number of fused-ring (bicyclic) bond motifs is 1. The molecular formula is C13H15N5O6S2. The van der Waals surface area contributed by atoms with E-state index in [2.05, 4.69) is 10.3 Å². The number of hydrogen-bond acceptors (Lipinski definition) is 8. The summed E-state index contributed by atoms with van der Waals surface area (Å²) in [6.07, 6.45) is 0.432. The molecule has 3 heterocycles. The number of nitrogens with zero attached hydrogens (tertiary/aromatic N) is 4. The van der Waals surface area contributed by atoms with Crippen molar-refractivity contribution in [3.63, 3.8) is 0 Å².